The lowest BCUT2D eigenvalue weighted by atomic mass is 10.1. The van der Waals surface area contributed by atoms with E-state index in [9.17, 15) is 4.79 Å². The molecule has 0 spiro atoms. The Balaban J connectivity index is 2.73. The zero-order valence-electron chi connectivity index (χ0n) is 10.8. The summed E-state index contributed by atoms with van der Waals surface area (Å²) in [5.74, 6) is 2.86. The van der Waals surface area contributed by atoms with Gasteiger partial charge in [0.1, 0.15) is 0 Å². The molecule has 0 aliphatic heterocycles. The summed E-state index contributed by atoms with van der Waals surface area (Å²) in [7, 11) is 1.56. The van der Waals surface area contributed by atoms with Crippen molar-refractivity contribution in [1.82, 2.24) is 15.6 Å². The molecule has 96 valence electrons. The van der Waals surface area contributed by atoms with Crippen molar-refractivity contribution in [3.63, 3.8) is 0 Å². The molecule has 0 radical (unpaired) electrons. The van der Waals surface area contributed by atoms with Gasteiger partial charge in [-0.1, -0.05) is 5.92 Å². The highest BCUT2D eigenvalue weighted by Gasteiger charge is 2.10. The van der Waals surface area contributed by atoms with Crippen molar-refractivity contribution in [2.24, 2.45) is 0 Å². The van der Waals surface area contributed by atoms with Crippen molar-refractivity contribution >= 4 is 6.03 Å². The Morgan fingerprint density at radius 2 is 2.22 bits per heavy atom. The molecule has 0 aliphatic carbocycles. The molecule has 2 N–H and O–H groups in total. The van der Waals surface area contributed by atoms with E-state index >= 15 is 0 Å². The standard InChI is InChI=1S/C13H17N3O2/c1-5-6-14-13(17)15-8-11-9(2)7-10(3)16-12(11)18-4/h1,7H,6,8H2,2-4H3,(H2,14,15,17). The van der Waals surface area contributed by atoms with Gasteiger partial charge in [0.25, 0.3) is 0 Å². The zero-order chi connectivity index (χ0) is 13.5. The van der Waals surface area contributed by atoms with Crippen molar-refractivity contribution in [2.45, 2.75) is 20.4 Å². The lowest BCUT2D eigenvalue weighted by Gasteiger charge is -2.12. The van der Waals surface area contributed by atoms with E-state index in [2.05, 4.69) is 21.5 Å². The highest BCUT2D eigenvalue weighted by Crippen LogP contribution is 2.20. The van der Waals surface area contributed by atoms with E-state index in [1.165, 1.54) is 0 Å². The van der Waals surface area contributed by atoms with Gasteiger partial charge in [-0.2, -0.15) is 0 Å². The summed E-state index contributed by atoms with van der Waals surface area (Å²) in [6, 6.07) is 1.63. The number of nitrogens with one attached hydrogen (secondary N) is 2. The Kier molecular flexibility index (Phi) is 5.00. The molecule has 1 aromatic heterocycles. The van der Waals surface area contributed by atoms with Gasteiger partial charge in [-0.15, -0.1) is 6.42 Å². The van der Waals surface area contributed by atoms with Crippen molar-refractivity contribution in [1.29, 1.82) is 0 Å². The number of nitrogens with zero attached hydrogens (tertiary/aromatic N) is 1. The monoisotopic (exact) mass is 247 g/mol. The number of urea groups is 1. The highest BCUT2D eigenvalue weighted by molar-refractivity contribution is 5.74. The third-order valence-electron chi connectivity index (χ3n) is 2.41. The summed E-state index contributed by atoms with van der Waals surface area (Å²) in [6.45, 7) is 4.40. The van der Waals surface area contributed by atoms with Gasteiger partial charge in [0, 0.05) is 11.3 Å². The second-order valence-electron chi connectivity index (χ2n) is 3.81. The molecule has 1 heterocycles. The maximum Gasteiger partial charge on any atom is 0.315 e. The molecule has 0 unspecified atom stereocenters. The quantitative estimate of drug-likeness (QED) is 0.784. The van der Waals surface area contributed by atoms with Gasteiger partial charge in [-0.25, -0.2) is 9.78 Å². The number of amides is 2. The molecule has 0 fully saturated rings. The molecule has 0 bridgehead atoms. The smallest absolute Gasteiger partial charge is 0.315 e. The predicted octanol–water partition coefficient (Wildman–Crippen LogP) is 1.14. The molecule has 1 aromatic rings. The van der Waals surface area contributed by atoms with Gasteiger partial charge in [-0.05, 0) is 25.5 Å². The lowest BCUT2D eigenvalue weighted by molar-refractivity contribution is 0.241. The molecule has 5 nitrogen and oxygen atoms in total. The molecule has 2 amide bonds. The van der Waals surface area contributed by atoms with E-state index in [0.717, 1.165) is 16.8 Å². The number of carbonyl (C=O) groups is 1. The minimum absolute atomic E-state index is 0.202. The Hall–Kier alpha value is -2.22. The van der Waals surface area contributed by atoms with Crippen LogP contribution in [0.3, 0.4) is 0 Å². The molecular formula is C13H17N3O2. The van der Waals surface area contributed by atoms with Crippen LogP contribution in [-0.4, -0.2) is 24.7 Å². The normalized spacial score (nSPS) is 9.44. The number of aromatic nitrogens is 1. The van der Waals surface area contributed by atoms with Crippen LogP contribution in [0.25, 0.3) is 0 Å². The van der Waals surface area contributed by atoms with Crippen LogP contribution in [0.4, 0.5) is 4.79 Å². The van der Waals surface area contributed by atoms with E-state index < -0.39 is 0 Å². The number of rotatable bonds is 4. The summed E-state index contributed by atoms with van der Waals surface area (Å²) in [5.41, 5.74) is 2.76. The molecule has 0 atom stereocenters. The molecule has 1 rings (SSSR count). The Morgan fingerprint density at radius 3 is 2.83 bits per heavy atom. The molecule has 0 aromatic carbocycles. The van der Waals surface area contributed by atoms with Gasteiger partial charge < -0.3 is 15.4 Å². The van der Waals surface area contributed by atoms with Gasteiger partial charge in [-0.3, -0.25) is 0 Å². The number of aryl methyl sites for hydroxylation is 2. The molecule has 0 saturated carbocycles. The molecule has 18 heavy (non-hydrogen) atoms. The first-order valence-corrected chi connectivity index (χ1v) is 5.54. The third-order valence-corrected chi connectivity index (χ3v) is 2.41. The molecular weight excluding hydrogens is 230 g/mol. The van der Waals surface area contributed by atoms with Crippen LogP contribution in [0.15, 0.2) is 6.07 Å². The van der Waals surface area contributed by atoms with E-state index in [-0.39, 0.29) is 12.6 Å². The van der Waals surface area contributed by atoms with E-state index in [1.54, 1.807) is 7.11 Å². The summed E-state index contributed by atoms with van der Waals surface area (Å²) < 4.78 is 5.21. The first kappa shape index (κ1) is 13.8. The van der Waals surface area contributed by atoms with E-state index in [4.69, 9.17) is 11.2 Å². The number of ether oxygens (including phenoxy) is 1. The average Bonchev–Trinajstić information content (AvgIpc) is 2.34. The molecule has 0 saturated heterocycles. The summed E-state index contributed by atoms with van der Waals surface area (Å²) >= 11 is 0. The number of methoxy groups -OCH3 is 1. The fraction of sp³-hybridized carbons (Fsp3) is 0.385. The lowest BCUT2D eigenvalue weighted by Crippen LogP contribution is -2.35. The van der Waals surface area contributed by atoms with Crippen molar-refractivity contribution in [3.05, 3.63) is 22.9 Å². The van der Waals surface area contributed by atoms with Crippen LogP contribution >= 0.6 is 0 Å². The van der Waals surface area contributed by atoms with Gasteiger partial charge in [0.2, 0.25) is 5.88 Å². The fourth-order valence-corrected chi connectivity index (χ4v) is 1.58. The Labute approximate surface area is 107 Å². The van der Waals surface area contributed by atoms with E-state index in [1.807, 2.05) is 19.9 Å². The van der Waals surface area contributed by atoms with Crippen LogP contribution in [-0.2, 0) is 6.54 Å². The maximum atomic E-state index is 11.4. The van der Waals surface area contributed by atoms with Gasteiger partial charge >= 0.3 is 6.03 Å². The highest BCUT2D eigenvalue weighted by atomic mass is 16.5. The van der Waals surface area contributed by atoms with Crippen LogP contribution in [0.1, 0.15) is 16.8 Å². The Morgan fingerprint density at radius 1 is 1.50 bits per heavy atom. The van der Waals surface area contributed by atoms with Gasteiger partial charge in [0.15, 0.2) is 0 Å². The van der Waals surface area contributed by atoms with Crippen molar-refractivity contribution in [2.75, 3.05) is 13.7 Å². The summed E-state index contributed by atoms with van der Waals surface area (Å²) in [4.78, 5) is 15.6. The number of hydrogen-bond acceptors (Lipinski definition) is 3. The van der Waals surface area contributed by atoms with Crippen LogP contribution in [0, 0.1) is 26.2 Å². The number of hydrogen-bond donors (Lipinski definition) is 2. The predicted molar refractivity (Wildman–Crippen MR) is 69.3 cm³/mol. The number of pyridine rings is 1. The SMILES string of the molecule is C#CCNC(=O)NCc1c(C)cc(C)nc1OC. The molecule has 0 aliphatic rings. The maximum absolute atomic E-state index is 11.4. The van der Waals surface area contributed by atoms with Crippen LogP contribution in [0.2, 0.25) is 0 Å². The van der Waals surface area contributed by atoms with E-state index in [0.29, 0.717) is 12.4 Å². The minimum Gasteiger partial charge on any atom is -0.481 e. The number of carbonyl (C=O) groups excluding carboxylic acids is 1. The summed E-state index contributed by atoms with van der Waals surface area (Å²) in [5, 5.41) is 5.23. The Bertz CT molecular complexity index is 478. The molecule has 5 heteroatoms. The fourth-order valence-electron chi connectivity index (χ4n) is 1.58. The zero-order valence-corrected chi connectivity index (χ0v) is 10.8. The number of terminal acetylenes is 1. The largest absolute Gasteiger partial charge is 0.481 e. The second-order valence-corrected chi connectivity index (χ2v) is 3.81. The first-order valence-electron chi connectivity index (χ1n) is 5.54. The minimum atomic E-state index is -0.310. The van der Waals surface area contributed by atoms with Crippen LogP contribution in [0.5, 0.6) is 5.88 Å². The van der Waals surface area contributed by atoms with Crippen LogP contribution < -0.4 is 15.4 Å². The first-order chi connectivity index (χ1) is 8.58. The third kappa shape index (κ3) is 3.67. The topological polar surface area (TPSA) is 63.2 Å². The van der Waals surface area contributed by atoms with Gasteiger partial charge in [0.05, 0.1) is 20.2 Å². The second kappa shape index (κ2) is 6.50. The van der Waals surface area contributed by atoms with Crippen molar-refractivity contribution < 1.29 is 9.53 Å². The average molecular weight is 247 g/mol. The summed E-state index contributed by atoms with van der Waals surface area (Å²) in [6.07, 6.45) is 5.05. The van der Waals surface area contributed by atoms with Crippen molar-refractivity contribution in [3.8, 4) is 18.2 Å².